The molecule has 1 heterocycles. The quantitative estimate of drug-likeness (QED) is 0.569. The third-order valence-electron chi connectivity index (χ3n) is 2.58. The molecule has 0 fully saturated rings. The van der Waals surface area contributed by atoms with Crippen LogP contribution < -0.4 is 10.6 Å². The van der Waals surface area contributed by atoms with Crippen LogP contribution in [-0.4, -0.2) is 13.1 Å². The summed E-state index contributed by atoms with van der Waals surface area (Å²) in [6.45, 7) is 7.98. The SMILES string of the molecule is C=C(C)CN1CCc2cccc(N)c21. The molecule has 74 valence electrons. The van der Waals surface area contributed by atoms with Crippen molar-refractivity contribution < 1.29 is 0 Å². The third kappa shape index (κ3) is 1.48. The Morgan fingerprint density at radius 1 is 1.57 bits per heavy atom. The lowest BCUT2D eigenvalue weighted by Crippen LogP contribution is -2.22. The van der Waals surface area contributed by atoms with Gasteiger partial charge in [-0.25, -0.2) is 0 Å². The van der Waals surface area contributed by atoms with Gasteiger partial charge in [0.25, 0.3) is 0 Å². The monoisotopic (exact) mass is 188 g/mol. The molecule has 0 unspecified atom stereocenters. The average Bonchev–Trinajstić information content (AvgIpc) is 2.49. The molecule has 1 aromatic carbocycles. The predicted octanol–water partition coefficient (Wildman–Crippen LogP) is 2.21. The summed E-state index contributed by atoms with van der Waals surface area (Å²) in [5, 5.41) is 0. The summed E-state index contributed by atoms with van der Waals surface area (Å²) < 4.78 is 0. The van der Waals surface area contributed by atoms with Crippen LogP contribution in [0.1, 0.15) is 12.5 Å². The summed E-state index contributed by atoms with van der Waals surface area (Å²) >= 11 is 0. The van der Waals surface area contributed by atoms with Crippen LogP contribution in [0, 0.1) is 0 Å². The second-order valence-corrected chi connectivity index (χ2v) is 3.98. The van der Waals surface area contributed by atoms with Crippen LogP contribution in [0.15, 0.2) is 30.4 Å². The van der Waals surface area contributed by atoms with Crippen molar-refractivity contribution in [3.8, 4) is 0 Å². The summed E-state index contributed by atoms with van der Waals surface area (Å²) in [5.41, 5.74) is 10.6. The smallest absolute Gasteiger partial charge is 0.0636 e. The van der Waals surface area contributed by atoms with E-state index in [-0.39, 0.29) is 0 Å². The highest BCUT2D eigenvalue weighted by atomic mass is 15.2. The van der Waals surface area contributed by atoms with E-state index in [4.69, 9.17) is 5.73 Å². The molecule has 0 saturated heterocycles. The molecule has 2 nitrogen and oxygen atoms in total. The van der Waals surface area contributed by atoms with Crippen molar-refractivity contribution >= 4 is 11.4 Å². The summed E-state index contributed by atoms with van der Waals surface area (Å²) in [5.74, 6) is 0. The van der Waals surface area contributed by atoms with Crippen molar-refractivity contribution in [2.75, 3.05) is 23.7 Å². The van der Waals surface area contributed by atoms with Crippen molar-refractivity contribution in [3.05, 3.63) is 35.9 Å². The second-order valence-electron chi connectivity index (χ2n) is 3.98. The van der Waals surface area contributed by atoms with E-state index in [0.29, 0.717) is 0 Å². The molecule has 0 radical (unpaired) electrons. The highest BCUT2D eigenvalue weighted by Crippen LogP contribution is 2.33. The molecule has 0 bridgehead atoms. The summed E-state index contributed by atoms with van der Waals surface area (Å²) in [6.07, 6.45) is 1.10. The average molecular weight is 188 g/mol. The second kappa shape index (κ2) is 3.37. The Morgan fingerprint density at radius 2 is 2.36 bits per heavy atom. The zero-order valence-corrected chi connectivity index (χ0v) is 8.59. The Morgan fingerprint density at radius 3 is 3.07 bits per heavy atom. The molecule has 0 saturated carbocycles. The number of anilines is 2. The first-order chi connectivity index (χ1) is 6.68. The molecule has 2 N–H and O–H groups in total. The lowest BCUT2D eigenvalue weighted by Gasteiger charge is -2.20. The van der Waals surface area contributed by atoms with E-state index in [2.05, 4.69) is 24.5 Å². The number of rotatable bonds is 2. The minimum Gasteiger partial charge on any atom is -0.397 e. The number of benzene rings is 1. The zero-order valence-electron chi connectivity index (χ0n) is 8.59. The summed E-state index contributed by atoms with van der Waals surface area (Å²) in [7, 11) is 0. The number of nitrogens with two attached hydrogens (primary N) is 1. The first-order valence-electron chi connectivity index (χ1n) is 4.95. The Bertz CT molecular complexity index is 369. The van der Waals surface area contributed by atoms with Gasteiger partial charge in [-0.3, -0.25) is 0 Å². The van der Waals surface area contributed by atoms with Gasteiger partial charge in [0.05, 0.1) is 11.4 Å². The molecule has 0 aromatic heterocycles. The molecule has 0 amide bonds. The van der Waals surface area contributed by atoms with E-state index in [1.807, 2.05) is 12.1 Å². The van der Waals surface area contributed by atoms with Gasteiger partial charge in [-0.2, -0.15) is 0 Å². The van der Waals surface area contributed by atoms with Gasteiger partial charge in [-0.05, 0) is 25.0 Å². The lowest BCUT2D eigenvalue weighted by atomic mass is 10.1. The van der Waals surface area contributed by atoms with Crippen LogP contribution in [0.5, 0.6) is 0 Å². The zero-order chi connectivity index (χ0) is 10.1. The van der Waals surface area contributed by atoms with Crippen molar-refractivity contribution in [2.45, 2.75) is 13.3 Å². The van der Waals surface area contributed by atoms with E-state index in [1.54, 1.807) is 0 Å². The Labute approximate surface area is 85.0 Å². The minimum atomic E-state index is 0.890. The number of nitrogens with zero attached hydrogens (tertiary/aromatic N) is 1. The van der Waals surface area contributed by atoms with Gasteiger partial charge in [0.15, 0.2) is 0 Å². The van der Waals surface area contributed by atoms with E-state index in [1.165, 1.54) is 16.8 Å². The first-order valence-corrected chi connectivity index (χ1v) is 4.95. The largest absolute Gasteiger partial charge is 0.397 e. The van der Waals surface area contributed by atoms with E-state index < -0.39 is 0 Å². The Kier molecular flexibility index (Phi) is 2.20. The molecule has 0 spiro atoms. The van der Waals surface area contributed by atoms with E-state index in [0.717, 1.165) is 25.2 Å². The Hall–Kier alpha value is -1.44. The van der Waals surface area contributed by atoms with Crippen LogP contribution in [0.25, 0.3) is 0 Å². The highest BCUT2D eigenvalue weighted by molar-refractivity contribution is 5.74. The summed E-state index contributed by atoms with van der Waals surface area (Å²) in [4.78, 5) is 2.31. The van der Waals surface area contributed by atoms with Crippen molar-refractivity contribution in [3.63, 3.8) is 0 Å². The third-order valence-corrected chi connectivity index (χ3v) is 2.58. The number of hydrogen-bond donors (Lipinski definition) is 1. The van der Waals surface area contributed by atoms with Crippen molar-refractivity contribution in [1.29, 1.82) is 0 Å². The molecule has 1 aromatic rings. The fraction of sp³-hybridized carbons (Fsp3) is 0.333. The normalized spacial score (nSPS) is 14.2. The predicted molar refractivity (Wildman–Crippen MR) is 61.6 cm³/mol. The molecule has 14 heavy (non-hydrogen) atoms. The van der Waals surface area contributed by atoms with Gasteiger partial charge in [0.1, 0.15) is 0 Å². The molecule has 1 aliphatic heterocycles. The molecule has 2 rings (SSSR count). The molecular weight excluding hydrogens is 172 g/mol. The van der Waals surface area contributed by atoms with E-state index >= 15 is 0 Å². The molecule has 0 aliphatic carbocycles. The van der Waals surface area contributed by atoms with Crippen molar-refractivity contribution in [1.82, 2.24) is 0 Å². The van der Waals surface area contributed by atoms with Gasteiger partial charge in [-0.15, -0.1) is 0 Å². The minimum absolute atomic E-state index is 0.890. The van der Waals surface area contributed by atoms with Crippen molar-refractivity contribution in [2.24, 2.45) is 0 Å². The topological polar surface area (TPSA) is 29.3 Å². The highest BCUT2D eigenvalue weighted by Gasteiger charge is 2.20. The van der Waals surface area contributed by atoms with E-state index in [9.17, 15) is 0 Å². The van der Waals surface area contributed by atoms with Gasteiger partial charge in [0, 0.05) is 13.1 Å². The molecular formula is C12H16N2. The molecule has 2 heteroatoms. The number of hydrogen-bond acceptors (Lipinski definition) is 2. The van der Waals surface area contributed by atoms with Crippen LogP contribution in [-0.2, 0) is 6.42 Å². The first kappa shape index (κ1) is 9.13. The summed E-state index contributed by atoms with van der Waals surface area (Å²) in [6, 6.07) is 6.15. The number of fused-ring (bicyclic) bond motifs is 1. The standard InChI is InChI=1S/C12H16N2/c1-9(2)8-14-7-6-10-4-3-5-11(13)12(10)14/h3-5H,1,6-8,13H2,2H3. The number of nitrogen functional groups attached to an aromatic ring is 1. The van der Waals surface area contributed by atoms with Crippen LogP contribution >= 0.6 is 0 Å². The molecule has 1 aliphatic rings. The van der Waals surface area contributed by atoms with Crippen LogP contribution in [0.2, 0.25) is 0 Å². The van der Waals surface area contributed by atoms with Gasteiger partial charge >= 0.3 is 0 Å². The molecule has 0 atom stereocenters. The van der Waals surface area contributed by atoms with Gasteiger partial charge in [0.2, 0.25) is 0 Å². The number of para-hydroxylation sites is 1. The fourth-order valence-corrected chi connectivity index (χ4v) is 2.05. The maximum absolute atomic E-state index is 5.97. The van der Waals surface area contributed by atoms with Gasteiger partial charge < -0.3 is 10.6 Å². The lowest BCUT2D eigenvalue weighted by molar-refractivity contribution is 0.882. The maximum atomic E-state index is 5.97. The van der Waals surface area contributed by atoms with Crippen LogP contribution in [0.3, 0.4) is 0 Å². The van der Waals surface area contributed by atoms with Crippen LogP contribution in [0.4, 0.5) is 11.4 Å². The Balaban J connectivity index is 2.33. The fourth-order valence-electron chi connectivity index (χ4n) is 2.05. The van der Waals surface area contributed by atoms with Gasteiger partial charge in [-0.1, -0.05) is 24.3 Å². The maximum Gasteiger partial charge on any atom is 0.0636 e.